The second-order valence-corrected chi connectivity index (χ2v) is 14.4. The Kier molecular flexibility index (Phi) is 8.56. The van der Waals surface area contributed by atoms with Gasteiger partial charge in [0.2, 0.25) is 0 Å². The molecule has 0 spiro atoms. The highest BCUT2D eigenvalue weighted by atomic mass is 16.6. The van der Waals surface area contributed by atoms with Gasteiger partial charge in [-0.1, -0.05) is 20.8 Å². The number of benzene rings is 1. The summed E-state index contributed by atoms with van der Waals surface area (Å²) in [6.07, 6.45) is 8.75. The van der Waals surface area contributed by atoms with Gasteiger partial charge in [-0.3, -0.25) is 30.0 Å². The lowest BCUT2D eigenvalue weighted by molar-refractivity contribution is -0.393. The highest BCUT2D eigenvalue weighted by molar-refractivity contribution is 5.71. The predicted octanol–water partition coefficient (Wildman–Crippen LogP) is 6.05. The van der Waals surface area contributed by atoms with Gasteiger partial charge in [-0.25, -0.2) is 0 Å². The summed E-state index contributed by atoms with van der Waals surface area (Å²) < 4.78 is 5.79. The monoisotopic (exact) mass is 614 g/mol. The van der Waals surface area contributed by atoms with Gasteiger partial charge in [-0.05, 0) is 86.0 Å². The summed E-state index contributed by atoms with van der Waals surface area (Å²) in [5, 5.41) is 51.3. The first-order chi connectivity index (χ1) is 20.7. The highest BCUT2D eigenvalue weighted by Crippen LogP contribution is 2.73. The SMILES string of the molecule is CO[C@H]1CC[C@]2(C)C3CC[C@@]4(C)C(CC[C@@H]4[C@H](C)CCC(=O)O)C3[C@@H](/C=N/N(C)c3ccc([N+](=O)[O-])cc3[N+](=O)[O-])[C@]2(O)C1. The zero-order chi connectivity index (χ0) is 32.2. The maximum atomic E-state index is 12.8. The lowest BCUT2D eigenvalue weighted by Crippen LogP contribution is -2.54. The van der Waals surface area contributed by atoms with E-state index in [9.17, 15) is 35.2 Å². The molecule has 4 fully saturated rings. The number of fused-ring (bicyclic) bond motifs is 5. The van der Waals surface area contributed by atoms with Gasteiger partial charge in [-0.15, -0.1) is 0 Å². The van der Waals surface area contributed by atoms with E-state index in [0.717, 1.165) is 44.6 Å². The zero-order valence-corrected chi connectivity index (χ0v) is 26.3. The molecule has 4 aliphatic carbocycles. The number of carbonyl (C=O) groups is 1. The van der Waals surface area contributed by atoms with Crippen LogP contribution in [0.5, 0.6) is 0 Å². The second kappa shape index (κ2) is 11.7. The van der Waals surface area contributed by atoms with Gasteiger partial charge in [0, 0.05) is 50.6 Å². The highest BCUT2D eigenvalue weighted by Gasteiger charge is 2.72. The molecule has 0 amide bonds. The molecule has 0 aromatic heterocycles. The molecule has 1 aromatic carbocycles. The van der Waals surface area contributed by atoms with Crippen LogP contribution in [0.1, 0.15) is 78.6 Å². The van der Waals surface area contributed by atoms with Crippen LogP contribution >= 0.6 is 0 Å². The molecule has 12 heteroatoms. The zero-order valence-electron chi connectivity index (χ0n) is 26.3. The normalized spacial score (nSPS) is 38.5. The van der Waals surface area contributed by atoms with Crippen LogP contribution in [0.15, 0.2) is 23.3 Å². The maximum absolute atomic E-state index is 12.8. The van der Waals surface area contributed by atoms with Crippen molar-refractivity contribution in [1.29, 1.82) is 0 Å². The summed E-state index contributed by atoms with van der Waals surface area (Å²) in [4.78, 5) is 33.2. The molecule has 1 aromatic rings. The van der Waals surface area contributed by atoms with Crippen molar-refractivity contribution in [2.24, 2.45) is 51.4 Å². The van der Waals surface area contributed by atoms with Crippen molar-refractivity contribution in [3.05, 3.63) is 38.4 Å². The maximum Gasteiger partial charge on any atom is 0.303 e. The first kappa shape index (κ1) is 32.3. The summed E-state index contributed by atoms with van der Waals surface area (Å²) in [7, 11) is 3.26. The number of nitro benzene ring substituents is 2. The van der Waals surface area contributed by atoms with Crippen LogP contribution in [0.4, 0.5) is 17.1 Å². The van der Waals surface area contributed by atoms with Crippen LogP contribution in [0.2, 0.25) is 0 Å². The summed E-state index contributed by atoms with van der Waals surface area (Å²) in [5.74, 6) is 0.309. The Bertz CT molecular complexity index is 1340. The van der Waals surface area contributed by atoms with E-state index in [4.69, 9.17) is 9.84 Å². The first-order valence-electron chi connectivity index (χ1n) is 15.9. The number of aliphatic carboxylic acids is 1. The van der Waals surface area contributed by atoms with Gasteiger partial charge in [0.15, 0.2) is 0 Å². The van der Waals surface area contributed by atoms with Crippen molar-refractivity contribution in [2.75, 3.05) is 19.2 Å². The fourth-order valence-electron chi connectivity index (χ4n) is 10.4. The number of aliphatic hydroxyl groups is 1. The van der Waals surface area contributed by atoms with E-state index in [0.29, 0.717) is 24.7 Å². The molecule has 12 nitrogen and oxygen atoms in total. The van der Waals surface area contributed by atoms with Crippen LogP contribution in [-0.4, -0.2) is 58.1 Å². The Morgan fingerprint density at radius 1 is 1.16 bits per heavy atom. The van der Waals surface area contributed by atoms with Crippen LogP contribution in [-0.2, 0) is 9.53 Å². The van der Waals surface area contributed by atoms with Crippen LogP contribution < -0.4 is 5.01 Å². The van der Waals surface area contributed by atoms with E-state index in [2.05, 4.69) is 20.8 Å². The molecule has 0 radical (unpaired) electrons. The summed E-state index contributed by atoms with van der Waals surface area (Å²) in [6.45, 7) is 6.78. The smallest absolute Gasteiger partial charge is 0.303 e. The van der Waals surface area contributed by atoms with E-state index in [1.54, 1.807) is 20.4 Å². The average molecular weight is 615 g/mol. The van der Waals surface area contributed by atoms with Crippen LogP contribution in [0, 0.1) is 66.6 Å². The number of hydrazone groups is 1. The topological polar surface area (TPSA) is 169 Å². The third kappa shape index (κ3) is 5.07. The number of carboxylic acids is 1. The van der Waals surface area contributed by atoms with Crippen LogP contribution in [0.25, 0.3) is 0 Å². The fourth-order valence-corrected chi connectivity index (χ4v) is 10.4. The molecule has 44 heavy (non-hydrogen) atoms. The Morgan fingerprint density at radius 2 is 1.89 bits per heavy atom. The molecule has 0 bridgehead atoms. The molecular formula is C32H46N4O8. The van der Waals surface area contributed by atoms with Crippen molar-refractivity contribution in [3.8, 4) is 0 Å². The summed E-state index contributed by atoms with van der Waals surface area (Å²) in [6, 6.07) is 3.51. The van der Waals surface area contributed by atoms with E-state index in [1.807, 2.05) is 0 Å². The van der Waals surface area contributed by atoms with E-state index in [1.165, 1.54) is 17.1 Å². The number of non-ortho nitro benzene ring substituents is 1. The largest absolute Gasteiger partial charge is 0.481 e. The third-order valence-corrected chi connectivity index (χ3v) is 12.7. The number of methoxy groups -OCH3 is 1. The van der Waals surface area contributed by atoms with E-state index in [-0.39, 0.29) is 58.4 Å². The first-order valence-corrected chi connectivity index (χ1v) is 15.9. The van der Waals surface area contributed by atoms with Crippen LogP contribution in [0.3, 0.4) is 0 Å². The van der Waals surface area contributed by atoms with Gasteiger partial charge in [0.05, 0.1) is 27.6 Å². The van der Waals surface area contributed by atoms with E-state index < -0.39 is 27.1 Å². The lowest BCUT2D eigenvalue weighted by Gasteiger charge is -2.52. The van der Waals surface area contributed by atoms with Crippen molar-refractivity contribution < 1.29 is 29.6 Å². The molecule has 10 atom stereocenters. The molecule has 5 rings (SSSR count). The second-order valence-electron chi connectivity index (χ2n) is 14.4. The van der Waals surface area contributed by atoms with Gasteiger partial charge >= 0.3 is 11.7 Å². The lowest BCUT2D eigenvalue weighted by atomic mass is 9.53. The van der Waals surface area contributed by atoms with Gasteiger partial charge < -0.3 is 14.9 Å². The minimum atomic E-state index is -1.09. The predicted molar refractivity (Wildman–Crippen MR) is 164 cm³/mol. The molecule has 0 aliphatic heterocycles. The third-order valence-electron chi connectivity index (χ3n) is 12.7. The molecular weight excluding hydrogens is 568 g/mol. The number of hydrogen-bond donors (Lipinski definition) is 2. The molecule has 2 N–H and O–H groups in total. The summed E-state index contributed by atoms with van der Waals surface area (Å²) in [5.41, 5.74) is -2.09. The molecule has 0 saturated heterocycles. The number of nitro groups is 2. The Hall–Kier alpha value is -3.12. The fraction of sp³-hybridized carbons (Fsp3) is 0.750. The van der Waals surface area contributed by atoms with E-state index >= 15 is 0 Å². The van der Waals surface area contributed by atoms with Crippen molar-refractivity contribution >= 4 is 29.2 Å². The molecule has 0 heterocycles. The van der Waals surface area contributed by atoms with Gasteiger partial charge in [-0.2, -0.15) is 5.10 Å². The quantitative estimate of drug-likeness (QED) is 0.181. The molecule has 242 valence electrons. The number of rotatable bonds is 10. The molecule has 4 aliphatic rings. The molecule has 4 saturated carbocycles. The van der Waals surface area contributed by atoms with Crippen molar-refractivity contribution in [2.45, 2.75) is 90.3 Å². The Labute approximate surface area is 258 Å². The number of anilines is 1. The molecule has 3 unspecified atom stereocenters. The number of nitrogens with zero attached hydrogens (tertiary/aromatic N) is 4. The van der Waals surface area contributed by atoms with Gasteiger partial charge in [0.25, 0.3) is 5.69 Å². The average Bonchev–Trinajstić information content (AvgIpc) is 3.42. The Balaban J connectivity index is 1.52. The van der Waals surface area contributed by atoms with Crippen molar-refractivity contribution in [1.82, 2.24) is 0 Å². The number of carboxylic acid groups (broad SMARTS) is 1. The minimum absolute atomic E-state index is 0.00903. The standard InChI is InChI=1S/C32H46N4O8/c1-19(6-11-28(37)38)22-8-9-23-29-24(13-14-30(22,23)2)31(3)15-12-21(44-5)17-32(31,39)25(29)18-33-34(4)26-10-7-20(35(40)41)16-27(26)36(42)43/h7,10,16,18-19,21-25,29,39H,6,8-9,11-15,17H2,1-5H3,(H,37,38)/b33-18+/t19-,21+,22-,23?,24?,25-,29?,30-,31-,32-/m1/s1. The van der Waals surface area contributed by atoms with Gasteiger partial charge in [0.1, 0.15) is 5.69 Å². The van der Waals surface area contributed by atoms with Crippen molar-refractivity contribution in [3.63, 3.8) is 0 Å². The number of ether oxygens (including phenoxy) is 1. The summed E-state index contributed by atoms with van der Waals surface area (Å²) >= 11 is 0. The minimum Gasteiger partial charge on any atom is -0.481 e. The number of hydrogen-bond acceptors (Lipinski definition) is 9. The Morgan fingerprint density at radius 3 is 2.52 bits per heavy atom.